The molecule has 124 valence electrons. The summed E-state index contributed by atoms with van der Waals surface area (Å²) in [6, 6.07) is 6.14. The maximum Gasteiger partial charge on any atom is 0.125 e. The highest BCUT2D eigenvalue weighted by molar-refractivity contribution is 8.93. The molecular weight excluding hydrogens is 375 g/mol. The highest BCUT2D eigenvalue weighted by Crippen LogP contribution is 2.40. The smallest absolute Gasteiger partial charge is 0.125 e. The van der Waals surface area contributed by atoms with E-state index in [1.54, 1.807) is 17.4 Å². The van der Waals surface area contributed by atoms with Crippen molar-refractivity contribution < 1.29 is 4.39 Å². The van der Waals surface area contributed by atoms with Gasteiger partial charge in [-0.05, 0) is 42.9 Å². The van der Waals surface area contributed by atoms with Crippen molar-refractivity contribution >= 4 is 44.1 Å². The minimum atomic E-state index is -0.204. The van der Waals surface area contributed by atoms with Gasteiger partial charge in [0.1, 0.15) is 10.8 Å². The number of nitrogens with zero attached hydrogens (tertiary/aromatic N) is 2. The fourth-order valence-electron chi connectivity index (χ4n) is 3.82. The zero-order valence-electron chi connectivity index (χ0n) is 13.5. The molecule has 3 heterocycles. The van der Waals surface area contributed by atoms with E-state index in [9.17, 15) is 4.39 Å². The summed E-state index contributed by atoms with van der Waals surface area (Å²) in [6.45, 7) is 5.77. The number of halogens is 2. The SMILES string of the molecule is Br.CC(C)CN1C2C=C(c3nc4cc(F)ccc4s3)CC1CC2. The Morgan fingerprint density at radius 2 is 2.17 bits per heavy atom. The Morgan fingerprint density at radius 1 is 1.35 bits per heavy atom. The molecule has 4 rings (SSSR count). The summed E-state index contributed by atoms with van der Waals surface area (Å²) in [4.78, 5) is 7.34. The average molecular weight is 397 g/mol. The van der Waals surface area contributed by atoms with E-state index in [0.717, 1.165) is 21.6 Å². The number of hydrogen-bond acceptors (Lipinski definition) is 3. The first-order valence-electron chi connectivity index (χ1n) is 8.13. The van der Waals surface area contributed by atoms with Crippen molar-refractivity contribution in [2.24, 2.45) is 5.92 Å². The largest absolute Gasteiger partial charge is 0.293 e. The van der Waals surface area contributed by atoms with E-state index in [2.05, 4.69) is 29.8 Å². The first kappa shape index (κ1) is 17.1. The Balaban J connectivity index is 0.00000156. The molecule has 2 aromatic rings. The molecule has 0 spiro atoms. The summed E-state index contributed by atoms with van der Waals surface area (Å²) in [7, 11) is 0. The molecule has 2 bridgehead atoms. The normalized spacial score (nSPS) is 24.1. The monoisotopic (exact) mass is 396 g/mol. The molecule has 1 aromatic heterocycles. The van der Waals surface area contributed by atoms with Crippen molar-refractivity contribution in [3.63, 3.8) is 0 Å². The van der Waals surface area contributed by atoms with Crippen LogP contribution in [0, 0.1) is 11.7 Å². The maximum absolute atomic E-state index is 13.3. The number of fused-ring (bicyclic) bond motifs is 3. The summed E-state index contributed by atoms with van der Waals surface area (Å²) in [5, 5.41) is 1.08. The van der Waals surface area contributed by atoms with E-state index < -0.39 is 0 Å². The first-order chi connectivity index (χ1) is 10.6. The zero-order valence-corrected chi connectivity index (χ0v) is 16.0. The van der Waals surface area contributed by atoms with Gasteiger partial charge < -0.3 is 0 Å². The second kappa shape index (κ2) is 6.61. The molecule has 23 heavy (non-hydrogen) atoms. The van der Waals surface area contributed by atoms with Crippen LogP contribution in [0.1, 0.15) is 38.1 Å². The van der Waals surface area contributed by atoms with Gasteiger partial charge in [-0.3, -0.25) is 4.90 Å². The van der Waals surface area contributed by atoms with E-state index in [0.29, 0.717) is 18.0 Å². The topological polar surface area (TPSA) is 16.1 Å². The lowest BCUT2D eigenvalue weighted by atomic mass is 10.0. The van der Waals surface area contributed by atoms with Crippen molar-refractivity contribution in [1.82, 2.24) is 9.88 Å². The van der Waals surface area contributed by atoms with Gasteiger partial charge in [-0.15, -0.1) is 28.3 Å². The first-order valence-corrected chi connectivity index (χ1v) is 8.94. The van der Waals surface area contributed by atoms with Gasteiger partial charge >= 0.3 is 0 Å². The lowest BCUT2D eigenvalue weighted by Gasteiger charge is -2.34. The van der Waals surface area contributed by atoms with Gasteiger partial charge in [0.2, 0.25) is 0 Å². The molecule has 1 fully saturated rings. The molecule has 1 aromatic carbocycles. The molecule has 0 saturated carbocycles. The third-order valence-electron chi connectivity index (χ3n) is 4.74. The van der Waals surface area contributed by atoms with Gasteiger partial charge in [-0.1, -0.05) is 19.9 Å². The Hall–Kier alpha value is -0.780. The molecule has 2 aliphatic heterocycles. The third-order valence-corrected chi connectivity index (χ3v) is 5.85. The second-order valence-corrected chi connectivity index (χ2v) is 7.95. The summed E-state index contributed by atoms with van der Waals surface area (Å²) in [6.07, 6.45) is 6.06. The molecule has 5 heteroatoms. The van der Waals surface area contributed by atoms with E-state index in [4.69, 9.17) is 0 Å². The van der Waals surface area contributed by atoms with Crippen molar-refractivity contribution in [3.8, 4) is 0 Å². The number of benzene rings is 1. The molecule has 2 atom stereocenters. The van der Waals surface area contributed by atoms with Crippen LogP contribution in [0.15, 0.2) is 24.3 Å². The van der Waals surface area contributed by atoms with Gasteiger partial charge in [0.25, 0.3) is 0 Å². The maximum atomic E-state index is 13.3. The van der Waals surface area contributed by atoms with Crippen LogP contribution < -0.4 is 0 Å². The molecule has 2 nitrogen and oxygen atoms in total. The van der Waals surface area contributed by atoms with E-state index in [-0.39, 0.29) is 22.8 Å². The number of aromatic nitrogens is 1. The fraction of sp³-hybridized carbons (Fsp3) is 0.500. The van der Waals surface area contributed by atoms with Crippen LogP contribution >= 0.6 is 28.3 Å². The van der Waals surface area contributed by atoms with E-state index >= 15 is 0 Å². The standard InChI is InChI=1S/C18H21FN2S.BrH/c1-11(2)10-21-14-4-5-15(21)8-12(7-14)18-20-16-9-13(19)3-6-17(16)22-18;/h3,6-7,9,11,14-15H,4-5,8,10H2,1-2H3;1H. The van der Waals surface area contributed by atoms with Crippen LogP contribution in [0.25, 0.3) is 15.8 Å². The molecule has 1 saturated heterocycles. The highest BCUT2D eigenvalue weighted by atomic mass is 79.9. The van der Waals surface area contributed by atoms with Crippen LogP contribution in [-0.2, 0) is 0 Å². The summed E-state index contributed by atoms with van der Waals surface area (Å²) < 4.78 is 14.4. The summed E-state index contributed by atoms with van der Waals surface area (Å²) >= 11 is 1.69. The van der Waals surface area contributed by atoms with Crippen LogP contribution in [0.2, 0.25) is 0 Å². The van der Waals surface area contributed by atoms with Crippen molar-refractivity contribution in [3.05, 3.63) is 35.1 Å². The van der Waals surface area contributed by atoms with Gasteiger partial charge in [-0.2, -0.15) is 0 Å². The minimum Gasteiger partial charge on any atom is -0.293 e. The van der Waals surface area contributed by atoms with Gasteiger partial charge in [-0.25, -0.2) is 9.37 Å². The molecule has 2 unspecified atom stereocenters. The summed E-state index contributed by atoms with van der Waals surface area (Å²) in [5.74, 6) is 0.508. The van der Waals surface area contributed by atoms with Gasteiger partial charge in [0, 0.05) is 24.7 Å². The van der Waals surface area contributed by atoms with Crippen molar-refractivity contribution in [2.75, 3.05) is 6.54 Å². The molecule has 0 N–H and O–H groups in total. The van der Waals surface area contributed by atoms with Crippen LogP contribution in [-0.4, -0.2) is 28.5 Å². The van der Waals surface area contributed by atoms with Gasteiger partial charge in [0.15, 0.2) is 0 Å². The van der Waals surface area contributed by atoms with E-state index in [1.807, 2.05) is 6.07 Å². The van der Waals surface area contributed by atoms with Crippen LogP contribution in [0.3, 0.4) is 0 Å². The predicted octanol–water partition coefficient (Wildman–Crippen LogP) is 5.29. The predicted molar refractivity (Wildman–Crippen MR) is 101 cm³/mol. The van der Waals surface area contributed by atoms with Crippen molar-refractivity contribution in [1.29, 1.82) is 0 Å². The molecule has 0 aliphatic carbocycles. The third kappa shape index (κ3) is 3.24. The van der Waals surface area contributed by atoms with Crippen LogP contribution in [0.4, 0.5) is 4.39 Å². The Morgan fingerprint density at radius 3 is 2.91 bits per heavy atom. The Kier molecular flexibility index (Phi) is 4.90. The Labute approximate surface area is 151 Å². The molecular formula is C18H22BrFN2S. The lowest BCUT2D eigenvalue weighted by molar-refractivity contribution is 0.189. The van der Waals surface area contributed by atoms with E-state index in [1.165, 1.54) is 31.0 Å². The fourth-order valence-corrected chi connectivity index (χ4v) is 4.80. The van der Waals surface area contributed by atoms with Crippen molar-refractivity contribution in [2.45, 2.75) is 45.2 Å². The quantitative estimate of drug-likeness (QED) is 0.700. The number of thiazole rings is 1. The Bertz CT molecular complexity index is 740. The highest BCUT2D eigenvalue weighted by Gasteiger charge is 2.37. The minimum absolute atomic E-state index is 0. The molecule has 2 aliphatic rings. The zero-order chi connectivity index (χ0) is 15.3. The summed E-state index contributed by atoms with van der Waals surface area (Å²) in [5.41, 5.74) is 2.16. The lowest BCUT2D eigenvalue weighted by Crippen LogP contribution is -2.40. The molecule has 0 radical (unpaired) electrons. The number of rotatable bonds is 3. The van der Waals surface area contributed by atoms with Gasteiger partial charge in [0.05, 0.1) is 10.2 Å². The van der Waals surface area contributed by atoms with Crippen LogP contribution in [0.5, 0.6) is 0 Å². The molecule has 0 amide bonds. The average Bonchev–Trinajstić information content (AvgIpc) is 2.96. The number of hydrogen-bond donors (Lipinski definition) is 0. The second-order valence-electron chi connectivity index (χ2n) is 6.92.